The molecule has 3 heteroatoms. The zero-order chi connectivity index (χ0) is 14.3. The van der Waals surface area contributed by atoms with E-state index in [2.05, 4.69) is 19.2 Å². The maximum atomic E-state index is 9.00. The van der Waals surface area contributed by atoms with Gasteiger partial charge in [0.25, 0.3) is 0 Å². The molecule has 0 spiro atoms. The summed E-state index contributed by atoms with van der Waals surface area (Å²) in [6.45, 7) is 5.39. The molecule has 0 heterocycles. The highest BCUT2D eigenvalue weighted by atomic mass is 16.3. The Morgan fingerprint density at radius 2 is 1.53 bits per heavy atom. The molecule has 0 saturated carbocycles. The molecule has 2 atom stereocenters. The van der Waals surface area contributed by atoms with Crippen molar-refractivity contribution in [1.29, 1.82) is 0 Å². The molecule has 3 nitrogen and oxygen atoms in total. The molecule has 0 aliphatic heterocycles. The van der Waals surface area contributed by atoms with Crippen molar-refractivity contribution in [2.45, 2.75) is 90.1 Å². The van der Waals surface area contributed by atoms with Crippen LogP contribution in [0.3, 0.4) is 0 Å². The summed E-state index contributed by atoms with van der Waals surface area (Å²) in [6.07, 6.45) is 12.5. The van der Waals surface area contributed by atoms with E-state index in [0.717, 1.165) is 12.8 Å². The third kappa shape index (κ3) is 11.4. The van der Waals surface area contributed by atoms with Gasteiger partial charge in [-0.25, -0.2) is 0 Å². The second kappa shape index (κ2) is 14.3. The van der Waals surface area contributed by atoms with E-state index in [0.29, 0.717) is 18.6 Å². The SMILES string of the molecule is CCCCCCCCCC(CN)NC(CC)CCO. The number of nitrogens with one attached hydrogen (secondary N) is 1. The van der Waals surface area contributed by atoms with Crippen LogP contribution in [0.2, 0.25) is 0 Å². The summed E-state index contributed by atoms with van der Waals surface area (Å²) in [5.74, 6) is 0. The van der Waals surface area contributed by atoms with Gasteiger partial charge >= 0.3 is 0 Å². The van der Waals surface area contributed by atoms with Crippen LogP contribution >= 0.6 is 0 Å². The van der Waals surface area contributed by atoms with E-state index >= 15 is 0 Å². The van der Waals surface area contributed by atoms with Gasteiger partial charge in [0.1, 0.15) is 0 Å². The molecule has 0 aliphatic carbocycles. The van der Waals surface area contributed by atoms with E-state index in [1.54, 1.807) is 0 Å². The third-order valence-corrected chi connectivity index (χ3v) is 3.88. The van der Waals surface area contributed by atoms with Crippen LogP contribution in [0, 0.1) is 0 Å². The first kappa shape index (κ1) is 18.9. The highest BCUT2D eigenvalue weighted by molar-refractivity contribution is 4.74. The number of hydrogen-bond donors (Lipinski definition) is 3. The van der Waals surface area contributed by atoms with Crippen LogP contribution in [-0.4, -0.2) is 30.3 Å². The lowest BCUT2D eigenvalue weighted by atomic mass is 10.0. The standard InChI is InChI=1S/C16H36N2O/c1-3-5-6-7-8-9-10-11-16(14-17)18-15(4-2)12-13-19/h15-16,18-19H,3-14,17H2,1-2H3. The number of rotatable bonds is 14. The molecule has 4 N–H and O–H groups in total. The molecule has 0 bridgehead atoms. The Bertz CT molecular complexity index is 176. The largest absolute Gasteiger partial charge is 0.396 e. The Balaban J connectivity index is 3.58. The Hall–Kier alpha value is -0.120. The maximum absolute atomic E-state index is 9.00. The van der Waals surface area contributed by atoms with E-state index in [4.69, 9.17) is 10.8 Å². The van der Waals surface area contributed by atoms with Crippen molar-refractivity contribution >= 4 is 0 Å². The first-order valence-corrected chi connectivity index (χ1v) is 8.35. The molecule has 0 fully saturated rings. The van der Waals surface area contributed by atoms with Crippen molar-refractivity contribution in [1.82, 2.24) is 5.32 Å². The lowest BCUT2D eigenvalue weighted by molar-refractivity contribution is 0.253. The lowest BCUT2D eigenvalue weighted by Crippen LogP contribution is -2.43. The average Bonchev–Trinajstić information content (AvgIpc) is 2.44. The third-order valence-electron chi connectivity index (χ3n) is 3.88. The maximum Gasteiger partial charge on any atom is 0.0445 e. The van der Waals surface area contributed by atoms with E-state index in [1.807, 2.05) is 0 Å². The molecule has 0 aliphatic rings. The molecule has 0 aromatic rings. The van der Waals surface area contributed by atoms with Crippen LogP contribution in [0.25, 0.3) is 0 Å². The van der Waals surface area contributed by atoms with Crippen molar-refractivity contribution in [2.24, 2.45) is 5.73 Å². The fourth-order valence-electron chi connectivity index (χ4n) is 2.51. The second-order valence-corrected chi connectivity index (χ2v) is 5.63. The normalized spacial score (nSPS) is 14.5. The predicted molar refractivity (Wildman–Crippen MR) is 84.4 cm³/mol. The predicted octanol–water partition coefficient (Wildman–Crippen LogP) is 3.21. The van der Waals surface area contributed by atoms with Gasteiger partial charge in [0.15, 0.2) is 0 Å². The number of nitrogens with two attached hydrogens (primary N) is 1. The van der Waals surface area contributed by atoms with Gasteiger partial charge in [-0.05, 0) is 19.3 Å². The van der Waals surface area contributed by atoms with Crippen molar-refractivity contribution < 1.29 is 5.11 Å². The number of aliphatic hydroxyl groups excluding tert-OH is 1. The van der Waals surface area contributed by atoms with Gasteiger partial charge in [-0.2, -0.15) is 0 Å². The minimum Gasteiger partial charge on any atom is -0.396 e. The molecule has 0 amide bonds. The molecule has 0 rings (SSSR count). The fraction of sp³-hybridized carbons (Fsp3) is 1.00. The van der Waals surface area contributed by atoms with Crippen molar-refractivity contribution in [2.75, 3.05) is 13.2 Å². The topological polar surface area (TPSA) is 58.3 Å². The number of aliphatic hydroxyl groups is 1. The monoisotopic (exact) mass is 272 g/mol. The van der Waals surface area contributed by atoms with Crippen LogP contribution in [0.1, 0.15) is 78.1 Å². The molecular weight excluding hydrogens is 236 g/mol. The highest BCUT2D eigenvalue weighted by Crippen LogP contribution is 2.10. The summed E-state index contributed by atoms with van der Waals surface area (Å²) in [5, 5.41) is 12.6. The summed E-state index contributed by atoms with van der Waals surface area (Å²) >= 11 is 0. The van der Waals surface area contributed by atoms with Gasteiger partial charge in [0.05, 0.1) is 0 Å². The Morgan fingerprint density at radius 3 is 2.05 bits per heavy atom. The van der Waals surface area contributed by atoms with Crippen molar-refractivity contribution in [3.8, 4) is 0 Å². The molecule has 0 aromatic carbocycles. The molecular formula is C16H36N2O. The van der Waals surface area contributed by atoms with Gasteiger partial charge in [-0.15, -0.1) is 0 Å². The molecule has 0 saturated heterocycles. The summed E-state index contributed by atoms with van der Waals surface area (Å²) in [6, 6.07) is 0.843. The van der Waals surface area contributed by atoms with E-state index < -0.39 is 0 Å². The Morgan fingerprint density at radius 1 is 0.895 bits per heavy atom. The smallest absolute Gasteiger partial charge is 0.0445 e. The van der Waals surface area contributed by atoms with Crippen LogP contribution in [0.4, 0.5) is 0 Å². The fourth-order valence-corrected chi connectivity index (χ4v) is 2.51. The quantitative estimate of drug-likeness (QED) is 0.426. The zero-order valence-electron chi connectivity index (χ0n) is 13.2. The van der Waals surface area contributed by atoms with E-state index in [9.17, 15) is 0 Å². The van der Waals surface area contributed by atoms with Crippen molar-refractivity contribution in [3.05, 3.63) is 0 Å². The van der Waals surface area contributed by atoms with E-state index in [-0.39, 0.29) is 6.61 Å². The molecule has 116 valence electrons. The van der Waals surface area contributed by atoms with E-state index in [1.165, 1.54) is 51.4 Å². The van der Waals surface area contributed by atoms with Crippen LogP contribution in [0.5, 0.6) is 0 Å². The first-order valence-electron chi connectivity index (χ1n) is 8.35. The van der Waals surface area contributed by atoms with Crippen LogP contribution in [0.15, 0.2) is 0 Å². The summed E-state index contributed by atoms with van der Waals surface area (Å²) < 4.78 is 0. The average molecular weight is 272 g/mol. The first-order chi connectivity index (χ1) is 9.28. The van der Waals surface area contributed by atoms with Gasteiger partial charge in [-0.3, -0.25) is 0 Å². The molecule has 0 radical (unpaired) electrons. The van der Waals surface area contributed by atoms with Gasteiger partial charge in [0, 0.05) is 25.2 Å². The molecule has 0 aromatic heterocycles. The summed E-state index contributed by atoms with van der Waals surface area (Å²) in [5.41, 5.74) is 5.83. The zero-order valence-corrected chi connectivity index (χ0v) is 13.2. The van der Waals surface area contributed by atoms with Gasteiger partial charge < -0.3 is 16.2 Å². The summed E-state index contributed by atoms with van der Waals surface area (Å²) in [7, 11) is 0. The number of unbranched alkanes of at least 4 members (excludes halogenated alkanes) is 6. The Labute approximate surface area is 120 Å². The second-order valence-electron chi connectivity index (χ2n) is 5.63. The van der Waals surface area contributed by atoms with Gasteiger partial charge in [0.2, 0.25) is 0 Å². The van der Waals surface area contributed by atoms with Gasteiger partial charge in [-0.1, -0.05) is 58.8 Å². The van der Waals surface area contributed by atoms with Crippen molar-refractivity contribution in [3.63, 3.8) is 0 Å². The van der Waals surface area contributed by atoms with Crippen LogP contribution in [-0.2, 0) is 0 Å². The minimum absolute atomic E-state index is 0.264. The lowest BCUT2D eigenvalue weighted by Gasteiger charge is -2.23. The molecule has 2 unspecified atom stereocenters. The highest BCUT2D eigenvalue weighted by Gasteiger charge is 2.11. The number of hydrogen-bond acceptors (Lipinski definition) is 3. The Kier molecular flexibility index (Phi) is 14.2. The molecule has 19 heavy (non-hydrogen) atoms. The van der Waals surface area contributed by atoms with Crippen LogP contribution < -0.4 is 11.1 Å². The minimum atomic E-state index is 0.264. The summed E-state index contributed by atoms with van der Waals surface area (Å²) in [4.78, 5) is 0.